The monoisotopic (exact) mass is 280 g/mol. The van der Waals surface area contributed by atoms with Crippen LogP contribution in [-0.2, 0) is 16.2 Å². The van der Waals surface area contributed by atoms with Gasteiger partial charge in [-0.2, -0.15) is 0 Å². The molecule has 0 saturated heterocycles. The molecule has 1 heterocycles. The third-order valence-corrected chi connectivity index (χ3v) is 3.38. The molecule has 3 rings (SSSR count). The number of carbonyl (C=O) groups is 1. The van der Waals surface area contributed by atoms with Gasteiger partial charge in [0.15, 0.2) is 0 Å². The van der Waals surface area contributed by atoms with Gasteiger partial charge in [-0.3, -0.25) is 4.79 Å². The van der Waals surface area contributed by atoms with Gasteiger partial charge < -0.3 is 10.2 Å². The molecule has 0 aliphatic carbocycles. The molecular formula is C17H16N2O2. The lowest BCUT2D eigenvalue weighted by Gasteiger charge is -2.09. The van der Waals surface area contributed by atoms with Gasteiger partial charge in [-0.1, -0.05) is 65.8 Å². The highest BCUT2D eigenvalue weighted by Gasteiger charge is 2.28. The molecule has 1 N–H and O–H groups in total. The third kappa shape index (κ3) is 3.28. The van der Waals surface area contributed by atoms with Crippen molar-refractivity contribution in [1.29, 1.82) is 0 Å². The molecule has 4 heteroatoms. The maximum absolute atomic E-state index is 12.1. The fourth-order valence-electron chi connectivity index (χ4n) is 2.22. The number of amides is 1. The fourth-order valence-corrected chi connectivity index (χ4v) is 2.22. The highest BCUT2D eigenvalue weighted by Crippen LogP contribution is 2.16. The summed E-state index contributed by atoms with van der Waals surface area (Å²) in [6.07, 6.45) is -0.0334. The number of hydrogen-bond acceptors (Lipinski definition) is 3. The van der Waals surface area contributed by atoms with Gasteiger partial charge >= 0.3 is 0 Å². The van der Waals surface area contributed by atoms with Gasteiger partial charge in [0, 0.05) is 13.0 Å². The van der Waals surface area contributed by atoms with Crippen molar-refractivity contribution >= 4 is 11.6 Å². The minimum Gasteiger partial charge on any atom is -0.382 e. The lowest BCUT2D eigenvalue weighted by atomic mass is 10.0. The summed E-state index contributed by atoms with van der Waals surface area (Å²) < 4.78 is 0. The van der Waals surface area contributed by atoms with Crippen molar-refractivity contribution in [2.75, 3.05) is 0 Å². The zero-order valence-corrected chi connectivity index (χ0v) is 11.5. The van der Waals surface area contributed by atoms with Crippen molar-refractivity contribution in [3.63, 3.8) is 0 Å². The van der Waals surface area contributed by atoms with Gasteiger partial charge in [-0.15, -0.1) is 0 Å². The van der Waals surface area contributed by atoms with Crippen LogP contribution in [0.1, 0.15) is 17.5 Å². The number of nitrogens with zero attached hydrogens (tertiary/aromatic N) is 1. The summed E-state index contributed by atoms with van der Waals surface area (Å²) >= 11 is 0. The molecule has 0 radical (unpaired) electrons. The Morgan fingerprint density at radius 2 is 1.76 bits per heavy atom. The van der Waals surface area contributed by atoms with Crippen molar-refractivity contribution in [2.45, 2.75) is 19.1 Å². The van der Waals surface area contributed by atoms with Crippen LogP contribution in [0.15, 0.2) is 65.8 Å². The number of oxime groups is 1. The predicted molar refractivity (Wildman–Crippen MR) is 80.8 cm³/mol. The van der Waals surface area contributed by atoms with Gasteiger partial charge in [0.05, 0.1) is 5.71 Å². The molecule has 0 unspecified atom stereocenters. The lowest BCUT2D eigenvalue weighted by molar-refractivity contribution is -0.131. The van der Waals surface area contributed by atoms with Crippen molar-refractivity contribution in [1.82, 2.24) is 5.32 Å². The first kappa shape index (κ1) is 13.4. The predicted octanol–water partition coefficient (Wildman–Crippen LogP) is 2.50. The molecule has 1 amide bonds. The lowest BCUT2D eigenvalue weighted by Crippen LogP contribution is -2.34. The van der Waals surface area contributed by atoms with Gasteiger partial charge in [-0.05, 0) is 11.1 Å². The molecule has 1 aliphatic rings. The van der Waals surface area contributed by atoms with E-state index in [1.165, 1.54) is 0 Å². The molecule has 1 atom stereocenters. The highest BCUT2D eigenvalue weighted by molar-refractivity contribution is 6.04. The molecule has 4 nitrogen and oxygen atoms in total. The topological polar surface area (TPSA) is 50.7 Å². The molecule has 0 bridgehead atoms. The van der Waals surface area contributed by atoms with E-state index in [1.54, 1.807) is 0 Å². The standard InChI is InChI=1S/C17H16N2O2/c20-17(18-12-13-7-3-1-4-8-13)16-11-15(19-21-16)14-9-5-2-6-10-14/h1-10,16H,11-12H2,(H,18,20)/t16-/m1/s1. The summed E-state index contributed by atoms with van der Waals surface area (Å²) in [5.41, 5.74) is 2.87. The second-order valence-electron chi connectivity index (χ2n) is 4.91. The Bertz CT molecular complexity index is 638. The number of nitrogens with one attached hydrogen (secondary N) is 1. The van der Waals surface area contributed by atoms with E-state index in [2.05, 4.69) is 10.5 Å². The van der Waals surface area contributed by atoms with E-state index in [-0.39, 0.29) is 5.91 Å². The van der Waals surface area contributed by atoms with Crippen LogP contribution >= 0.6 is 0 Å². The van der Waals surface area contributed by atoms with Crippen molar-refractivity contribution in [2.24, 2.45) is 5.16 Å². The van der Waals surface area contributed by atoms with E-state index < -0.39 is 6.10 Å². The summed E-state index contributed by atoms with van der Waals surface area (Å²) in [6, 6.07) is 19.6. The zero-order chi connectivity index (χ0) is 14.5. The van der Waals surface area contributed by atoms with E-state index >= 15 is 0 Å². The van der Waals surface area contributed by atoms with E-state index in [1.807, 2.05) is 60.7 Å². The molecule has 1 aliphatic heterocycles. The van der Waals surface area contributed by atoms with E-state index in [0.717, 1.165) is 16.8 Å². The fraction of sp³-hybridized carbons (Fsp3) is 0.176. The Labute approximate surface area is 123 Å². The highest BCUT2D eigenvalue weighted by atomic mass is 16.6. The van der Waals surface area contributed by atoms with Crippen LogP contribution in [0.2, 0.25) is 0 Å². The van der Waals surface area contributed by atoms with E-state index in [0.29, 0.717) is 13.0 Å². The summed E-state index contributed by atoms with van der Waals surface area (Å²) in [5, 5.41) is 6.89. The first-order valence-electron chi connectivity index (χ1n) is 6.92. The molecule has 0 aromatic heterocycles. The van der Waals surface area contributed by atoms with E-state index in [9.17, 15) is 4.79 Å². The first-order valence-corrected chi connectivity index (χ1v) is 6.92. The van der Waals surface area contributed by atoms with Crippen molar-refractivity contribution in [3.8, 4) is 0 Å². The van der Waals surface area contributed by atoms with Gasteiger partial charge in [0.25, 0.3) is 5.91 Å². The second kappa shape index (κ2) is 6.22. The van der Waals surface area contributed by atoms with Crippen LogP contribution in [0, 0.1) is 0 Å². The summed E-state index contributed by atoms with van der Waals surface area (Å²) in [4.78, 5) is 17.3. The quantitative estimate of drug-likeness (QED) is 0.935. The van der Waals surface area contributed by atoms with Crippen molar-refractivity contribution in [3.05, 3.63) is 71.8 Å². The number of hydrogen-bond donors (Lipinski definition) is 1. The minimum absolute atomic E-state index is 0.131. The molecule has 2 aromatic carbocycles. The van der Waals surface area contributed by atoms with Crippen LogP contribution in [0.4, 0.5) is 0 Å². The molecule has 21 heavy (non-hydrogen) atoms. The van der Waals surface area contributed by atoms with Crippen molar-refractivity contribution < 1.29 is 9.63 Å². The summed E-state index contributed by atoms with van der Waals surface area (Å²) in [5.74, 6) is -0.131. The Kier molecular flexibility index (Phi) is 3.96. The van der Waals surface area contributed by atoms with Crippen LogP contribution in [0.5, 0.6) is 0 Å². The molecule has 0 fully saturated rings. The Morgan fingerprint density at radius 3 is 2.48 bits per heavy atom. The average molecular weight is 280 g/mol. The number of carbonyl (C=O) groups excluding carboxylic acids is 1. The Balaban J connectivity index is 1.54. The Hall–Kier alpha value is -2.62. The normalized spacial score (nSPS) is 17.0. The average Bonchev–Trinajstić information content (AvgIpc) is 3.04. The number of benzene rings is 2. The summed E-state index contributed by atoms with van der Waals surface area (Å²) in [6.45, 7) is 0.500. The summed E-state index contributed by atoms with van der Waals surface area (Å²) in [7, 11) is 0. The molecule has 106 valence electrons. The molecule has 0 spiro atoms. The van der Waals surface area contributed by atoms with Gasteiger partial charge in [0.2, 0.25) is 6.10 Å². The SMILES string of the molecule is O=C(NCc1ccccc1)[C@H]1CC(c2ccccc2)=NO1. The van der Waals surface area contributed by atoms with E-state index in [4.69, 9.17) is 4.84 Å². The largest absolute Gasteiger partial charge is 0.382 e. The zero-order valence-electron chi connectivity index (χ0n) is 11.5. The maximum atomic E-state index is 12.1. The third-order valence-electron chi connectivity index (χ3n) is 3.38. The molecule has 2 aromatic rings. The van der Waals surface area contributed by atoms with Crippen LogP contribution in [0.25, 0.3) is 0 Å². The maximum Gasteiger partial charge on any atom is 0.264 e. The number of rotatable bonds is 4. The van der Waals surface area contributed by atoms with Crippen LogP contribution in [-0.4, -0.2) is 17.7 Å². The van der Waals surface area contributed by atoms with Gasteiger partial charge in [-0.25, -0.2) is 0 Å². The van der Waals surface area contributed by atoms with Gasteiger partial charge in [0.1, 0.15) is 0 Å². The smallest absolute Gasteiger partial charge is 0.264 e. The Morgan fingerprint density at radius 1 is 1.10 bits per heavy atom. The van der Waals surface area contributed by atoms with Crippen LogP contribution < -0.4 is 5.32 Å². The molecule has 0 saturated carbocycles. The molecular weight excluding hydrogens is 264 g/mol. The second-order valence-corrected chi connectivity index (χ2v) is 4.91. The van der Waals surface area contributed by atoms with Crippen LogP contribution in [0.3, 0.4) is 0 Å². The first-order chi connectivity index (χ1) is 10.3. The minimum atomic E-state index is -0.538.